The molecule has 0 bridgehead atoms. The Labute approximate surface area is 135 Å². The number of hydrogen-bond donors (Lipinski definition) is 0. The van der Waals surface area contributed by atoms with Crippen LogP contribution in [0.2, 0.25) is 0 Å². The molecule has 0 N–H and O–H groups in total. The number of piperazine rings is 1. The number of amides is 1. The van der Waals surface area contributed by atoms with Gasteiger partial charge in [0, 0.05) is 49.8 Å². The summed E-state index contributed by atoms with van der Waals surface area (Å²) in [6.07, 6.45) is 3.89. The van der Waals surface area contributed by atoms with Crippen molar-refractivity contribution in [2.45, 2.75) is 0 Å². The molecule has 116 valence electrons. The van der Waals surface area contributed by atoms with Crippen molar-refractivity contribution in [3.8, 4) is 0 Å². The second-order valence-electron chi connectivity index (χ2n) is 5.88. The summed E-state index contributed by atoms with van der Waals surface area (Å²) in [5.74, 6) is 0.126. The SMILES string of the molecule is O=C(c1cc2ccccn2c1)N1CCN(c2ccccc2)CC1. The third-order valence-electron chi connectivity index (χ3n) is 4.44. The highest BCUT2D eigenvalue weighted by atomic mass is 16.2. The monoisotopic (exact) mass is 305 g/mol. The fraction of sp³-hybridized carbons (Fsp3) is 0.211. The highest BCUT2D eigenvalue weighted by molar-refractivity contribution is 5.95. The van der Waals surface area contributed by atoms with E-state index < -0.39 is 0 Å². The Bertz CT molecular complexity index is 784. The standard InChI is InChI=1S/C19H19N3O/c23-19(16-14-18-8-4-5-9-22(18)15-16)21-12-10-20(11-13-21)17-6-2-1-3-7-17/h1-9,14-15H,10-13H2. The maximum absolute atomic E-state index is 12.7. The molecule has 4 rings (SSSR count). The lowest BCUT2D eigenvalue weighted by atomic mass is 10.2. The minimum atomic E-state index is 0.126. The van der Waals surface area contributed by atoms with E-state index in [9.17, 15) is 4.79 Å². The molecule has 1 aliphatic rings. The number of para-hydroxylation sites is 1. The molecule has 4 nitrogen and oxygen atoms in total. The lowest BCUT2D eigenvalue weighted by molar-refractivity contribution is 0.0747. The Morgan fingerprint density at radius 2 is 1.61 bits per heavy atom. The van der Waals surface area contributed by atoms with Gasteiger partial charge >= 0.3 is 0 Å². The molecule has 2 aromatic heterocycles. The third-order valence-corrected chi connectivity index (χ3v) is 4.44. The normalized spacial score (nSPS) is 15.1. The van der Waals surface area contributed by atoms with Gasteiger partial charge in [-0.2, -0.15) is 0 Å². The molecule has 4 heteroatoms. The van der Waals surface area contributed by atoms with Crippen molar-refractivity contribution in [1.82, 2.24) is 9.30 Å². The number of aromatic nitrogens is 1. The van der Waals surface area contributed by atoms with E-state index in [4.69, 9.17) is 0 Å². The summed E-state index contributed by atoms with van der Waals surface area (Å²) < 4.78 is 1.99. The predicted molar refractivity (Wildman–Crippen MR) is 92.0 cm³/mol. The van der Waals surface area contributed by atoms with Crippen molar-refractivity contribution in [2.75, 3.05) is 31.1 Å². The van der Waals surface area contributed by atoms with Crippen LogP contribution in [0.3, 0.4) is 0 Å². The zero-order chi connectivity index (χ0) is 15.6. The molecule has 1 amide bonds. The minimum absolute atomic E-state index is 0.126. The van der Waals surface area contributed by atoms with Gasteiger partial charge in [0.25, 0.3) is 5.91 Å². The molecule has 0 saturated carbocycles. The minimum Gasteiger partial charge on any atom is -0.368 e. The smallest absolute Gasteiger partial charge is 0.255 e. The summed E-state index contributed by atoms with van der Waals surface area (Å²) >= 11 is 0. The molecule has 1 aromatic carbocycles. The van der Waals surface area contributed by atoms with Gasteiger partial charge in [0.15, 0.2) is 0 Å². The Hall–Kier alpha value is -2.75. The van der Waals surface area contributed by atoms with E-state index in [2.05, 4.69) is 29.2 Å². The highest BCUT2D eigenvalue weighted by Gasteiger charge is 2.22. The first kappa shape index (κ1) is 13.9. The molecule has 0 radical (unpaired) electrons. The lowest BCUT2D eigenvalue weighted by Gasteiger charge is -2.36. The maximum Gasteiger partial charge on any atom is 0.255 e. The maximum atomic E-state index is 12.7. The molecule has 23 heavy (non-hydrogen) atoms. The number of benzene rings is 1. The molecule has 0 atom stereocenters. The van der Waals surface area contributed by atoms with Gasteiger partial charge in [-0.15, -0.1) is 0 Å². The molecule has 0 aliphatic carbocycles. The number of nitrogens with zero attached hydrogens (tertiary/aromatic N) is 3. The van der Waals surface area contributed by atoms with Crippen LogP contribution in [0.1, 0.15) is 10.4 Å². The van der Waals surface area contributed by atoms with Crippen molar-refractivity contribution >= 4 is 17.1 Å². The third kappa shape index (κ3) is 2.68. The van der Waals surface area contributed by atoms with Crippen LogP contribution in [0, 0.1) is 0 Å². The number of hydrogen-bond acceptors (Lipinski definition) is 2. The number of pyridine rings is 1. The van der Waals surface area contributed by atoms with E-state index >= 15 is 0 Å². The molecule has 0 unspecified atom stereocenters. The van der Waals surface area contributed by atoms with Crippen LogP contribution < -0.4 is 4.90 Å². The molecule has 3 heterocycles. The molecule has 1 fully saturated rings. The Morgan fingerprint density at radius 1 is 0.870 bits per heavy atom. The zero-order valence-electron chi connectivity index (χ0n) is 12.9. The van der Waals surface area contributed by atoms with Gasteiger partial charge in [-0.3, -0.25) is 4.79 Å². The van der Waals surface area contributed by atoms with Gasteiger partial charge in [0.1, 0.15) is 0 Å². The first-order chi connectivity index (χ1) is 11.3. The largest absolute Gasteiger partial charge is 0.368 e. The average molecular weight is 305 g/mol. The van der Waals surface area contributed by atoms with Crippen molar-refractivity contribution in [3.05, 3.63) is 72.6 Å². The number of anilines is 1. The van der Waals surface area contributed by atoms with Crippen molar-refractivity contribution in [2.24, 2.45) is 0 Å². The molecular weight excluding hydrogens is 286 g/mol. The van der Waals surface area contributed by atoms with Crippen LogP contribution in [0.15, 0.2) is 67.0 Å². The summed E-state index contributed by atoms with van der Waals surface area (Å²) in [6.45, 7) is 3.28. The van der Waals surface area contributed by atoms with Gasteiger partial charge < -0.3 is 14.2 Å². The number of carbonyl (C=O) groups excluding carboxylic acids is 1. The summed E-state index contributed by atoms with van der Waals surface area (Å²) in [5.41, 5.74) is 3.05. The van der Waals surface area contributed by atoms with E-state index in [-0.39, 0.29) is 5.91 Å². The number of rotatable bonds is 2. The van der Waals surface area contributed by atoms with Gasteiger partial charge in [-0.1, -0.05) is 24.3 Å². The Kier molecular flexibility index (Phi) is 3.50. The first-order valence-corrected chi connectivity index (χ1v) is 7.97. The van der Waals surface area contributed by atoms with Crippen molar-refractivity contribution in [1.29, 1.82) is 0 Å². The Morgan fingerprint density at radius 3 is 2.35 bits per heavy atom. The molecule has 0 spiro atoms. The van der Waals surface area contributed by atoms with E-state index in [0.717, 1.165) is 37.3 Å². The summed E-state index contributed by atoms with van der Waals surface area (Å²) in [5, 5.41) is 0. The van der Waals surface area contributed by atoms with Crippen LogP contribution in [0.4, 0.5) is 5.69 Å². The molecule has 1 aliphatic heterocycles. The predicted octanol–water partition coefficient (Wildman–Crippen LogP) is 2.90. The van der Waals surface area contributed by atoms with E-state index in [0.29, 0.717) is 0 Å². The van der Waals surface area contributed by atoms with Crippen LogP contribution in [-0.4, -0.2) is 41.4 Å². The second kappa shape index (κ2) is 5.80. The van der Waals surface area contributed by atoms with Gasteiger partial charge in [-0.05, 0) is 30.3 Å². The zero-order valence-corrected chi connectivity index (χ0v) is 12.9. The van der Waals surface area contributed by atoms with E-state index in [1.165, 1.54) is 5.69 Å². The van der Waals surface area contributed by atoms with Gasteiger partial charge in [0.2, 0.25) is 0 Å². The Balaban J connectivity index is 1.46. The fourth-order valence-corrected chi connectivity index (χ4v) is 3.16. The van der Waals surface area contributed by atoms with Crippen molar-refractivity contribution in [3.63, 3.8) is 0 Å². The second-order valence-corrected chi connectivity index (χ2v) is 5.88. The molecule has 1 saturated heterocycles. The highest BCUT2D eigenvalue weighted by Crippen LogP contribution is 2.18. The van der Waals surface area contributed by atoms with E-state index in [1.807, 2.05) is 52.0 Å². The fourth-order valence-electron chi connectivity index (χ4n) is 3.16. The van der Waals surface area contributed by atoms with Crippen LogP contribution in [-0.2, 0) is 0 Å². The first-order valence-electron chi connectivity index (χ1n) is 7.97. The summed E-state index contributed by atoms with van der Waals surface area (Å²) in [4.78, 5) is 17.0. The van der Waals surface area contributed by atoms with Gasteiger partial charge in [-0.25, -0.2) is 0 Å². The number of fused-ring (bicyclic) bond motifs is 1. The average Bonchev–Trinajstić information content (AvgIpc) is 3.06. The molecule has 3 aromatic rings. The molecular formula is C19H19N3O. The summed E-state index contributed by atoms with van der Waals surface area (Å²) in [7, 11) is 0. The van der Waals surface area contributed by atoms with E-state index in [1.54, 1.807) is 0 Å². The quantitative estimate of drug-likeness (QED) is 0.728. The lowest BCUT2D eigenvalue weighted by Crippen LogP contribution is -2.48. The number of carbonyl (C=O) groups is 1. The van der Waals surface area contributed by atoms with Crippen molar-refractivity contribution < 1.29 is 4.79 Å². The van der Waals surface area contributed by atoms with Gasteiger partial charge in [0.05, 0.1) is 5.56 Å². The van der Waals surface area contributed by atoms with Crippen LogP contribution in [0.25, 0.3) is 5.52 Å². The summed E-state index contributed by atoms with van der Waals surface area (Å²) in [6, 6.07) is 18.3. The van der Waals surface area contributed by atoms with Crippen LogP contribution >= 0.6 is 0 Å². The topological polar surface area (TPSA) is 28.0 Å². The van der Waals surface area contributed by atoms with Crippen LogP contribution in [0.5, 0.6) is 0 Å².